The molecule has 0 N–H and O–H groups in total. The van der Waals surface area contributed by atoms with Gasteiger partial charge in [0.15, 0.2) is 0 Å². The smallest absolute Gasteiger partial charge is 0.344 e. The van der Waals surface area contributed by atoms with E-state index in [-0.39, 0.29) is 23.1 Å². The molecular weight excluding hydrogens is 144 g/mol. The monoisotopic (exact) mass is 166 g/mol. The van der Waals surface area contributed by atoms with E-state index in [0.717, 1.165) is 6.42 Å². The second-order valence-corrected chi connectivity index (χ2v) is 2.37. The van der Waals surface area contributed by atoms with Crippen LogP contribution in [0.4, 0.5) is 0 Å². The predicted octanol–water partition coefficient (Wildman–Crippen LogP) is 3.64. The first kappa shape index (κ1) is 17.7. The third-order valence-corrected chi connectivity index (χ3v) is 0.986. The summed E-state index contributed by atoms with van der Waals surface area (Å²) in [5.74, 6) is 0. The Morgan fingerprint density at radius 3 is 1.45 bits per heavy atom. The maximum atomic E-state index is 3.49. The molecule has 0 radical (unpaired) electrons. The summed E-state index contributed by atoms with van der Waals surface area (Å²) in [6.45, 7) is 9.93. The van der Waals surface area contributed by atoms with Gasteiger partial charge in [-0.2, -0.15) is 19.3 Å². The van der Waals surface area contributed by atoms with Crippen molar-refractivity contribution < 1.29 is 0 Å². The van der Waals surface area contributed by atoms with Gasteiger partial charge in [-0.25, -0.2) is 0 Å². The molecule has 0 amide bonds. The van der Waals surface area contributed by atoms with Gasteiger partial charge < -0.3 is 13.3 Å². The third kappa shape index (κ3) is 36.4. The van der Waals surface area contributed by atoms with Crippen LogP contribution in [0.3, 0.4) is 0 Å². The van der Waals surface area contributed by atoms with Gasteiger partial charge in [-0.15, -0.1) is 0 Å². The summed E-state index contributed by atoms with van der Waals surface area (Å²) in [4.78, 5) is 0. The quantitative estimate of drug-likeness (QED) is 0.340. The molecule has 0 aliphatic rings. The third-order valence-electron chi connectivity index (χ3n) is 0.986. The molecule has 0 atom stereocenters. The maximum absolute atomic E-state index is 3.49. The van der Waals surface area contributed by atoms with E-state index in [9.17, 15) is 0 Å². The van der Waals surface area contributed by atoms with Crippen LogP contribution >= 0.6 is 0 Å². The van der Waals surface area contributed by atoms with E-state index in [4.69, 9.17) is 0 Å². The van der Waals surface area contributed by atoms with Crippen LogP contribution in [0.1, 0.15) is 52.9 Å². The summed E-state index contributed by atoms with van der Waals surface area (Å²) in [5, 5.41) is 0. The first-order valence-electron chi connectivity index (χ1n) is 4.44. The van der Waals surface area contributed by atoms with Crippen molar-refractivity contribution in [1.29, 1.82) is 0 Å². The van der Waals surface area contributed by atoms with Crippen LogP contribution in [0.15, 0.2) is 0 Å². The van der Waals surface area contributed by atoms with Crippen molar-refractivity contribution in [3.05, 3.63) is 13.3 Å². The molecule has 0 heterocycles. The van der Waals surface area contributed by atoms with Crippen LogP contribution in [0.5, 0.6) is 0 Å². The van der Waals surface area contributed by atoms with E-state index in [1.54, 1.807) is 0 Å². The summed E-state index contributed by atoms with van der Waals surface area (Å²) >= 11 is 0. The molecule has 0 bridgehead atoms. The van der Waals surface area contributed by atoms with Crippen LogP contribution in [0, 0.1) is 13.3 Å². The SMILES string of the molecule is CCC[CH-]CCC.[CH2-]CC.[Mg+2]. The largest absolute Gasteiger partial charge is 2.00 e. The van der Waals surface area contributed by atoms with Crippen molar-refractivity contribution in [1.82, 2.24) is 0 Å². The fraction of sp³-hybridized carbons (Fsp3) is 0.800. The van der Waals surface area contributed by atoms with Gasteiger partial charge in [0.25, 0.3) is 0 Å². The molecule has 0 aromatic rings. The standard InChI is InChI=1S/C7H15.C3H7.Mg/c1-3-5-7-6-4-2;1-3-2;/h7H,3-6H2,1-2H3;1,3H2,2H3;/q2*-1;+2. The van der Waals surface area contributed by atoms with Crippen molar-refractivity contribution in [2.24, 2.45) is 0 Å². The summed E-state index contributed by atoms with van der Waals surface area (Å²) in [5.41, 5.74) is 0. The first-order valence-corrected chi connectivity index (χ1v) is 4.44. The molecular formula is C10H22Mg. The number of hydrogen-bond donors (Lipinski definition) is 0. The molecule has 0 spiro atoms. The van der Waals surface area contributed by atoms with Crippen LogP contribution in [0.2, 0.25) is 0 Å². The molecule has 11 heavy (non-hydrogen) atoms. The van der Waals surface area contributed by atoms with Gasteiger partial charge in [-0.05, 0) is 0 Å². The van der Waals surface area contributed by atoms with E-state index in [2.05, 4.69) is 27.2 Å². The average Bonchev–Trinajstić information content (AvgIpc) is 1.91. The molecule has 0 rings (SSSR count). The molecule has 0 aliphatic carbocycles. The Labute approximate surface area is 89.3 Å². The van der Waals surface area contributed by atoms with Crippen LogP contribution in [-0.4, -0.2) is 23.1 Å². The average molecular weight is 167 g/mol. The van der Waals surface area contributed by atoms with E-state index in [1.807, 2.05) is 6.92 Å². The Morgan fingerprint density at radius 1 is 1.00 bits per heavy atom. The molecule has 0 unspecified atom stereocenters. The van der Waals surface area contributed by atoms with Gasteiger partial charge in [-0.1, -0.05) is 33.6 Å². The van der Waals surface area contributed by atoms with E-state index in [0.29, 0.717) is 0 Å². The van der Waals surface area contributed by atoms with Crippen molar-refractivity contribution in [2.75, 3.05) is 0 Å². The van der Waals surface area contributed by atoms with E-state index >= 15 is 0 Å². The van der Waals surface area contributed by atoms with Gasteiger partial charge in [0, 0.05) is 0 Å². The maximum Gasteiger partial charge on any atom is 2.00 e. The first-order chi connectivity index (χ1) is 4.83. The van der Waals surface area contributed by atoms with Crippen molar-refractivity contribution >= 4 is 23.1 Å². The second-order valence-electron chi connectivity index (χ2n) is 2.37. The topological polar surface area (TPSA) is 0 Å². The summed E-state index contributed by atoms with van der Waals surface area (Å²) in [6.07, 6.45) is 8.57. The normalized spacial score (nSPS) is 7.64. The Hall–Kier alpha value is 0.766. The minimum absolute atomic E-state index is 0. The Morgan fingerprint density at radius 2 is 1.27 bits per heavy atom. The molecule has 0 fully saturated rings. The van der Waals surface area contributed by atoms with Gasteiger partial charge >= 0.3 is 23.1 Å². The molecule has 0 saturated carbocycles. The number of unbranched alkanes of at least 4 members (excludes halogenated alkanes) is 4. The molecule has 64 valence electrons. The van der Waals surface area contributed by atoms with Gasteiger partial charge in [0.05, 0.1) is 0 Å². The Balaban J connectivity index is -0.000000140. The molecule has 0 aromatic carbocycles. The number of hydrogen-bond acceptors (Lipinski definition) is 0. The van der Waals surface area contributed by atoms with Crippen LogP contribution in [0.25, 0.3) is 0 Å². The minimum Gasteiger partial charge on any atom is -0.344 e. The Kier molecular flexibility index (Phi) is 36.2. The summed E-state index contributed by atoms with van der Waals surface area (Å²) < 4.78 is 0. The zero-order valence-electron chi connectivity index (χ0n) is 8.53. The molecule has 0 aliphatic heterocycles. The Bertz CT molecular complexity index is 31.9. The van der Waals surface area contributed by atoms with Crippen LogP contribution in [-0.2, 0) is 0 Å². The molecule has 0 aromatic heterocycles. The minimum atomic E-state index is 0. The van der Waals surface area contributed by atoms with Crippen molar-refractivity contribution in [3.8, 4) is 0 Å². The molecule has 0 saturated heterocycles. The fourth-order valence-electron chi connectivity index (χ4n) is 0.553. The number of rotatable bonds is 4. The second kappa shape index (κ2) is 22.4. The van der Waals surface area contributed by atoms with E-state index < -0.39 is 0 Å². The van der Waals surface area contributed by atoms with E-state index in [1.165, 1.54) is 25.7 Å². The van der Waals surface area contributed by atoms with Gasteiger partial charge in [0.2, 0.25) is 0 Å². The summed E-state index contributed by atoms with van der Waals surface area (Å²) in [7, 11) is 0. The zero-order valence-corrected chi connectivity index (χ0v) is 9.94. The fourth-order valence-corrected chi connectivity index (χ4v) is 0.553. The molecule has 0 nitrogen and oxygen atoms in total. The predicted molar refractivity (Wildman–Crippen MR) is 55.5 cm³/mol. The van der Waals surface area contributed by atoms with Crippen molar-refractivity contribution in [3.63, 3.8) is 0 Å². The van der Waals surface area contributed by atoms with Crippen LogP contribution < -0.4 is 0 Å². The zero-order chi connectivity index (χ0) is 8.24. The van der Waals surface area contributed by atoms with Gasteiger partial charge in [0.1, 0.15) is 0 Å². The van der Waals surface area contributed by atoms with Crippen molar-refractivity contribution in [2.45, 2.75) is 52.9 Å². The summed E-state index contributed by atoms with van der Waals surface area (Å²) in [6, 6.07) is 0. The molecule has 1 heteroatoms. The van der Waals surface area contributed by atoms with Gasteiger partial charge in [-0.3, -0.25) is 0 Å².